The quantitative estimate of drug-likeness (QED) is 0.449. The second-order valence-electron chi connectivity index (χ2n) is 8.84. The fourth-order valence-electron chi connectivity index (χ4n) is 4.85. The van der Waals surface area contributed by atoms with Gasteiger partial charge in [0.1, 0.15) is 12.4 Å². The molecule has 6 rings (SSSR count). The summed E-state index contributed by atoms with van der Waals surface area (Å²) in [7, 11) is 1.99. The summed E-state index contributed by atoms with van der Waals surface area (Å²) in [5.74, 6) is 0.925. The van der Waals surface area contributed by atoms with Crippen LogP contribution in [0.5, 0.6) is 5.75 Å². The minimum atomic E-state index is -0.319. The third-order valence-corrected chi connectivity index (χ3v) is 6.81. The third kappa shape index (κ3) is 3.35. The molecule has 6 nitrogen and oxygen atoms in total. The average molecular weight is 442 g/mol. The van der Waals surface area contributed by atoms with Gasteiger partial charge in [-0.3, -0.25) is 9.67 Å². The zero-order valence-electron chi connectivity index (χ0n) is 18.4. The van der Waals surface area contributed by atoms with Gasteiger partial charge < -0.3 is 10.5 Å². The molecule has 33 heavy (non-hydrogen) atoms. The van der Waals surface area contributed by atoms with E-state index in [4.69, 9.17) is 20.6 Å². The maximum atomic E-state index is 14.2. The number of rotatable bonds is 1. The molecule has 4 heterocycles. The van der Waals surface area contributed by atoms with E-state index in [9.17, 15) is 4.39 Å². The van der Waals surface area contributed by atoms with Crippen molar-refractivity contribution in [3.63, 3.8) is 0 Å². The number of nitrogen functional groups attached to an aromatic ring is 1. The van der Waals surface area contributed by atoms with Crippen molar-refractivity contribution in [2.45, 2.75) is 38.2 Å². The number of halogens is 1. The van der Waals surface area contributed by atoms with Crippen molar-refractivity contribution in [3.05, 3.63) is 77.1 Å². The minimum absolute atomic E-state index is 0.161. The molecule has 0 saturated heterocycles. The second-order valence-corrected chi connectivity index (χ2v) is 8.84. The topological polar surface area (TPSA) is 78.8 Å². The number of aromatic nitrogens is 4. The second kappa shape index (κ2) is 7.69. The summed E-state index contributed by atoms with van der Waals surface area (Å²) in [6, 6.07) is 10.7. The van der Waals surface area contributed by atoms with E-state index in [0.717, 1.165) is 52.2 Å². The van der Waals surface area contributed by atoms with E-state index in [1.54, 1.807) is 18.5 Å². The van der Waals surface area contributed by atoms with Crippen LogP contribution in [0.1, 0.15) is 47.7 Å². The molecule has 0 unspecified atom stereocenters. The maximum absolute atomic E-state index is 14.2. The molecule has 1 aliphatic carbocycles. The van der Waals surface area contributed by atoms with Crippen molar-refractivity contribution in [1.82, 2.24) is 19.7 Å². The molecule has 3 aromatic heterocycles. The van der Waals surface area contributed by atoms with Crippen LogP contribution in [-0.4, -0.2) is 19.7 Å². The van der Waals surface area contributed by atoms with Gasteiger partial charge in [-0.05, 0) is 48.7 Å². The highest BCUT2D eigenvalue weighted by Crippen LogP contribution is 2.44. The van der Waals surface area contributed by atoms with Crippen LogP contribution in [0.2, 0.25) is 0 Å². The van der Waals surface area contributed by atoms with Gasteiger partial charge in [0.15, 0.2) is 11.6 Å². The van der Waals surface area contributed by atoms with Gasteiger partial charge in [0, 0.05) is 54.0 Å². The normalized spacial score (nSPS) is 15.2. The van der Waals surface area contributed by atoms with Crippen molar-refractivity contribution < 1.29 is 9.13 Å². The first-order valence-corrected chi connectivity index (χ1v) is 11.3. The van der Waals surface area contributed by atoms with Crippen LogP contribution in [0.15, 0.2) is 48.8 Å². The molecule has 1 fully saturated rings. The first-order valence-electron chi connectivity index (χ1n) is 11.3. The smallest absolute Gasteiger partial charge is 0.166 e. The molecule has 2 aliphatic rings. The molecular formula is C26H24FN5O. The lowest BCUT2D eigenvalue weighted by Gasteiger charge is -2.25. The Bertz CT molecular complexity index is 1380. The Labute approximate surface area is 191 Å². The number of nitrogens with zero attached hydrogens (tertiary/aromatic N) is 4. The molecule has 0 spiro atoms. The molecule has 166 valence electrons. The largest absolute Gasteiger partial charge is 0.485 e. The lowest BCUT2D eigenvalue weighted by molar-refractivity contribution is 0.307. The number of ether oxygens (including phenoxy) is 1. The lowest BCUT2D eigenvalue weighted by Crippen LogP contribution is -2.11. The number of hydrogen-bond donors (Lipinski definition) is 1. The Morgan fingerprint density at radius 3 is 2.82 bits per heavy atom. The Hall–Kier alpha value is -3.74. The molecule has 2 bridgehead atoms. The van der Waals surface area contributed by atoms with Gasteiger partial charge in [0.05, 0.1) is 17.1 Å². The van der Waals surface area contributed by atoms with E-state index < -0.39 is 0 Å². The van der Waals surface area contributed by atoms with Crippen molar-refractivity contribution in [3.8, 4) is 28.1 Å². The number of aryl methyl sites for hydroxylation is 1. The van der Waals surface area contributed by atoms with Crippen LogP contribution in [0.25, 0.3) is 22.4 Å². The molecule has 4 aromatic rings. The van der Waals surface area contributed by atoms with E-state index in [-0.39, 0.29) is 12.4 Å². The van der Waals surface area contributed by atoms with Crippen LogP contribution in [0.3, 0.4) is 0 Å². The number of hydrogen-bond acceptors (Lipinski definition) is 5. The maximum Gasteiger partial charge on any atom is 0.166 e. The highest BCUT2D eigenvalue weighted by atomic mass is 19.1. The zero-order chi connectivity index (χ0) is 22.5. The highest BCUT2D eigenvalue weighted by Gasteiger charge is 2.30. The first kappa shape index (κ1) is 19.9. The fourth-order valence-corrected chi connectivity index (χ4v) is 4.85. The van der Waals surface area contributed by atoms with Gasteiger partial charge >= 0.3 is 0 Å². The molecule has 0 atom stereocenters. The summed E-state index contributed by atoms with van der Waals surface area (Å²) in [5.41, 5.74) is 13.8. The van der Waals surface area contributed by atoms with Gasteiger partial charge in [0.25, 0.3) is 0 Å². The Morgan fingerprint density at radius 2 is 2.00 bits per heavy atom. The van der Waals surface area contributed by atoms with Crippen LogP contribution >= 0.6 is 0 Å². The monoisotopic (exact) mass is 441 g/mol. The van der Waals surface area contributed by atoms with Gasteiger partial charge in [-0.2, -0.15) is 5.10 Å². The van der Waals surface area contributed by atoms with Gasteiger partial charge in [-0.1, -0.05) is 12.5 Å². The summed E-state index contributed by atoms with van der Waals surface area (Å²) in [4.78, 5) is 9.12. The Balaban J connectivity index is 1.62. The standard InChI is InChI=1S/C26H24FN5O/c1-32-21-11-16-6-3-9-29-24(16)20-8-7-19(27)10-18(20)14-33-22-12-17(13-30-26(22)28)23(21)25(31-32)15-4-2-5-15/h3,6-10,12-13,15H,2,4-5,11,14H2,1H3,(H2,28,30). The molecular weight excluding hydrogens is 417 g/mol. The number of fused-ring (bicyclic) bond motifs is 7. The first-order chi connectivity index (χ1) is 16.1. The van der Waals surface area contributed by atoms with Gasteiger partial charge in [-0.25, -0.2) is 9.37 Å². The van der Waals surface area contributed by atoms with Crippen LogP contribution in [0.4, 0.5) is 10.2 Å². The molecule has 0 radical (unpaired) electrons. The van der Waals surface area contributed by atoms with E-state index in [2.05, 4.69) is 11.1 Å². The Kier molecular flexibility index (Phi) is 4.64. The summed E-state index contributed by atoms with van der Waals surface area (Å²) in [5, 5.41) is 4.96. The van der Waals surface area contributed by atoms with Crippen LogP contribution < -0.4 is 10.5 Å². The number of nitrogens with two attached hydrogens (primary N) is 1. The highest BCUT2D eigenvalue weighted by molar-refractivity contribution is 5.74. The van der Waals surface area contributed by atoms with E-state index in [1.807, 2.05) is 23.9 Å². The van der Waals surface area contributed by atoms with E-state index >= 15 is 0 Å². The molecule has 1 aliphatic heterocycles. The molecule has 0 amide bonds. The number of benzene rings is 1. The van der Waals surface area contributed by atoms with Gasteiger partial charge in [-0.15, -0.1) is 0 Å². The van der Waals surface area contributed by atoms with E-state index in [1.165, 1.54) is 18.6 Å². The fraction of sp³-hybridized carbons (Fsp3) is 0.269. The summed E-state index contributed by atoms with van der Waals surface area (Å²) < 4.78 is 22.2. The summed E-state index contributed by atoms with van der Waals surface area (Å²) in [6.45, 7) is 0.161. The Morgan fingerprint density at radius 1 is 1.12 bits per heavy atom. The van der Waals surface area contributed by atoms with Crippen LogP contribution in [-0.2, 0) is 20.1 Å². The molecule has 2 N–H and O–H groups in total. The molecule has 1 aromatic carbocycles. The summed E-state index contributed by atoms with van der Waals surface area (Å²) in [6.07, 6.45) is 7.73. The number of pyridine rings is 2. The summed E-state index contributed by atoms with van der Waals surface area (Å²) >= 11 is 0. The van der Waals surface area contributed by atoms with Crippen molar-refractivity contribution >= 4 is 5.82 Å². The lowest BCUT2D eigenvalue weighted by atomic mass is 9.80. The van der Waals surface area contributed by atoms with Crippen LogP contribution in [0, 0.1) is 5.82 Å². The predicted molar refractivity (Wildman–Crippen MR) is 124 cm³/mol. The van der Waals surface area contributed by atoms with E-state index in [0.29, 0.717) is 29.5 Å². The van der Waals surface area contributed by atoms with Crippen molar-refractivity contribution in [1.29, 1.82) is 0 Å². The average Bonchev–Trinajstić information content (AvgIpc) is 3.07. The van der Waals surface area contributed by atoms with Crippen molar-refractivity contribution in [2.75, 3.05) is 5.73 Å². The molecule has 7 heteroatoms. The third-order valence-electron chi connectivity index (χ3n) is 6.81. The minimum Gasteiger partial charge on any atom is -0.485 e. The molecule has 1 saturated carbocycles. The van der Waals surface area contributed by atoms with Crippen molar-refractivity contribution in [2.24, 2.45) is 7.05 Å². The zero-order valence-corrected chi connectivity index (χ0v) is 18.4. The van der Waals surface area contributed by atoms with Gasteiger partial charge in [0.2, 0.25) is 0 Å². The SMILES string of the molecule is Cn1nc(C2CCC2)c2c1Cc1cccnc1-c1ccc(F)cc1COc1cc-2cnc1N. The predicted octanol–water partition coefficient (Wildman–Crippen LogP) is 5.02. The number of anilines is 1.